The molecule has 0 aromatic carbocycles. The first kappa shape index (κ1) is 63.8. The van der Waals surface area contributed by atoms with Crippen LogP contribution in [0, 0.1) is 16.7 Å². The fourth-order valence-electron chi connectivity index (χ4n) is 7.30. The lowest BCUT2D eigenvalue weighted by atomic mass is 9.90. The summed E-state index contributed by atoms with van der Waals surface area (Å²) in [5, 5.41) is 0. The molecule has 0 fully saturated rings. The Morgan fingerprint density at radius 3 is 0.791 bits per heavy atom. The Morgan fingerprint density at radius 2 is 0.522 bits per heavy atom. The quantitative estimate of drug-likeness (QED) is 0.0321. The first-order chi connectivity index (χ1) is 32.3. The monoisotopic (exact) mass is 955 g/mol. The molecule has 67 heavy (non-hydrogen) atoms. The van der Waals surface area contributed by atoms with E-state index in [0.29, 0.717) is 32.1 Å². The van der Waals surface area contributed by atoms with Gasteiger partial charge in [0, 0.05) is 38.5 Å². The van der Waals surface area contributed by atoms with E-state index in [0.717, 1.165) is 109 Å². The van der Waals surface area contributed by atoms with Crippen molar-refractivity contribution in [1.29, 1.82) is 0 Å². The van der Waals surface area contributed by atoms with Gasteiger partial charge in [0.2, 0.25) is 0 Å². The summed E-state index contributed by atoms with van der Waals surface area (Å²) < 4.78 is 41.6. The lowest BCUT2D eigenvalue weighted by Gasteiger charge is -2.35. The van der Waals surface area contributed by atoms with Crippen LogP contribution in [0.4, 0.5) is 0 Å². The van der Waals surface area contributed by atoms with Crippen LogP contribution in [0.15, 0.2) is 0 Å². The molecule has 0 amide bonds. The molecule has 2 unspecified atom stereocenters. The molecule has 0 spiro atoms. The van der Waals surface area contributed by atoms with Gasteiger partial charge in [-0.3, -0.25) is 28.8 Å². The largest absolute Gasteiger partial charge is 0.465 e. The van der Waals surface area contributed by atoms with Gasteiger partial charge in [0.05, 0.1) is 24.0 Å². The third-order valence-electron chi connectivity index (χ3n) is 11.8. The molecule has 0 radical (unpaired) electrons. The van der Waals surface area contributed by atoms with E-state index in [2.05, 4.69) is 27.7 Å². The minimum atomic E-state index is -1.34. The molecule has 0 saturated heterocycles. The van der Waals surface area contributed by atoms with Gasteiger partial charge < -0.3 is 33.2 Å². The van der Waals surface area contributed by atoms with E-state index in [1.165, 1.54) is 12.8 Å². The number of ether oxygens (including phenoxy) is 7. The number of unbranched alkanes of at least 4 members (excludes halogenated alkanes) is 19. The van der Waals surface area contributed by atoms with Crippen LogP contribution in [0.25, 0.3) is 0 Å². The summed E-state index contributed by atoms with van der Waals surface area (Å²) in [5.41, 5.74) is -2.67. The molecule has 0 saturated carbocycles. The van der Waals surface area contributed by atoms with Gasteiger partial charge in [0.25, 0.3) is 0 Å². The fourth-order valence-corrected chi connectivity index (χ4v) is 7.30. The van der Waals surface area contributed by atoms with Crippen LogP contribution in [-0.2, 0) is 61.9 Å². The second kappa shape index (κ2) is 42.8. The molecule has 0 aromatic rings. The van der Waals surface area contributed by atoms with Crippen molar-refractivity contribution >= 4 is 35.8 Å². The number of carbonyl (C=O) groups is 6. The second-order valence-corrected chi connectivity index (χ2v) is 19.5. The van der Waals surface area contributed by atoms with Crippen molar-refractivity contribution in [2.24, 2.45) is 16.7 Å². The van der Waals surface area contributed by atoms with Crippen molar-refractivity contribution in [3.63, 3.8) is 0 Å². The van der Waals surface area contributed by atoms with Crippen molar-refractivity contribution < 1.29 is 61.9 Å². The van der Waals surface area contributed by atoms with Gasteiger partial charge in [-0.15, -0.1) is 0 Å². The Balaban J connectivity index is 6.78. The van der Waals surface area contributed by atoms with E-state index in [1.807, 2.05) is 20.8 Å². The molecule has 13 heteroatoms. The predicted molar refractivity (Wildman–Crippen MR) is 263 cm³/mol. The average molecular weight is 955 g/mol. The number of hydrogen-bond donors (Lipinski definition) is 0. The summed E-state index contributed by atoms with van der Waals surface area (Å²) >= 11 is 0. The SMILES string of the molecule is CCCCCCCCCC(=O)OCC(COCC(COC(=O)CCCC)(COC(=O)CCCCCCCC)COC(=O)CC(C)C)(COC(=O)CCCCCC)COC(=O)CCCCCCC. The number of esters is 6. The summed E-state index contributed by atoms with van der Waals surface area (Å²) in [6, 6.07) is 0. The van der Waals surface area contributed by atoms with E-state index in [1.54, 1.807) is 0 Å². The Morgan fingerprint density at radius 1 is 0.299 bits per heavy atom. The number of hydrogen-bond acceptors (Lipinski definition) is 13. The zero-order valence-electron chi connectivity index (χ0n) is 43.8. The predicted octanol–water partition coefficient (Wildman–Crippen LogP) is 12.7. The summed E-state index contributed by atoms with van der Waals surface area (Å²) in [6.45, 7) is 12.2. The molecule has 392 valence electrons. The zero-order valence-corrected chi connectivity index (χ0v) is 43.8. The molecule has 0 aliphatic heterocycles. The zero-order chi connectivity index (χ0) is 49.9. The van der Waals surface area contributed by atoms with Crippen LogP contribution < -0.4 is 0 Å². The third kappa shape index (κ3) is 37.4. The van der Waals surface area contributed by atoms with Crippen molar-refractivity contribution in [1.82, 2.24) is 0 Å². The topological polar surface area (TPSA) is 167 Å². The van der Waals surface area contributed by atoms with Gasteiger partial charge in [-0.2, -0.15) is 0 Å². The summed E-state index contributed by atoms with van der Waals surface area (Å²) in [4.78, 5) is 78.8. The van der Waals surface area contributed by atoms with Crippen LogP contribution in [0.3, 0.4) is 0 Å². The third-order valence-corrected chi connectivity index (χ3v) is 11.8. The van der Waals surface area contributed by atoms with E-state index in [4.69, 9.17) is 33.2 Å². The van der Waals surface area contributed by atoms with Gasteiger partial charge in [0.1, 0.15) is 39.6 Å². The molecule has 0 aliphatic rings. The highest BCUT2D eigenvalue weighted by Gasteiger charge is 2.41. The van der Waals surface area contributed by atoms with Gasteiger partial charge in [0.15, 0.2) is 0 Å². The average Bonchev–Trinajstić information content (AvgIpc) is 3.30. The van der Waals surface area contributed by atoms with Gasteiger partial charge in [-0.05, 0) is 38.0 Å². The highest BCUT2D eigenvalue weighted by atomic mass is 16.6. The van der Waals surface area contributed by atoms with Crippen molar-refractivity contribution in [2.75, 3.05) is 52.9 Å². The molecule has 0 N–H and O–H groups in total. The maximum Gasteiger partial charge on any atom is 0.306 e. The highest BCUT2D eigenvalue weighted by Crippen LogP contribution is 2.28. The van der Waals surface area contributed by atoms with E-state index >= 15 is 0 Å². The normalized spacial score (nSPS) is 13.1. The minimum absolute atomic E-state index is 0.0164. The maximum atomic E-state index is 13.3. The first-order valence-electron chi connectivity index (χ1n) is 26.8. The number of rotatable bonds is 47. The second-order valence-electron chi connectivity index (χ2n) is 19.5. The standard InChI is InChI=1S/C54H98O13/c1-8-13-18-22-24-27-31-36-51(59)65-42-53(40-63-48(56)33-28-21-16-11-4,41-64-49(57)34-29-25-20-15-10-3)38-61-39-54(43-62-47(55)32-17-12-5,45-67-52(60)37-46(6)7)44-66-50(58)35-30-26-23-19-14-9-2/h46H,8-45H2,1-7H3. The molecule has 0 rings (SSSR count). The Kier molecular flexibility index (Phi) is 40.8. The minimum Gasteiger partial charge on any atom is -0.465 e. The van der Waals surface area contributed by atoms with E-state index in [9.17, 15) is 28.8 Å². The van der Waals surface area contributed by atoms with E-state index in [-0.39, 0.29) is 97.3 Å². The molecule has 0 heterocycles. The molecular formula is C54H98O13. The molecule has 0 bridgehead atoms. The molecule has 0 aliphatic carbocycles. The number of carbonyl (C=O) groups excluding carboxylic acids is 6. The maximum absolute atomic E-state index is 13.3. The Labute approximate surface area is 407 Å². The van der Waals surface area contributed by atoms with Crippen LogP contribution in [0.2, 0.25) is 0 Å². The van der Waals surface area contributed by atoms with Crippen molar-refractivity contribution in [3.05, 3.63) is 0 Å². The lowest BCUT2D eigenvalue weighted by molar-refractivity contribution is -0.175. The van der Waals surface area contributed by atoms with Crippen LogP contribution in [0.1, 0.15) is 241 Å². The van der Waals surface area contributed by atoms with E-state index < -0.39 is 46.6 Å². The van der Waals surface area contributed by atoms with Crippen LogP contribution >= 0.6 is 0 Å². The van der Waals surface area contributed by atoms with Gasteiger partial charge >= 0.3 is 35.8 Å². The molecule has 2 atom stereocenters. The van der Waals surface area contributed by atoms with Gasteiger partial charge in [-0.1, -0.05) is 170 Å². The first-order valence-corrected chi connectivity index (χ1v) is 26.8. The summed E-state index contributed by atoms with van der Waals surface area (Å²) in [5.74, 6) is -2.61. The summed E-state index contributed by atoms with van der Waals surface area (Å²) in [6.07, 6.45) is 24.0. The molecule has 13 nitrogen and oxygen atoms in total. The molecule has 0 aromatic heterocycles. The Bertz CT molecular complexity index is 1290. The lowest BCUT2D eigenvalue weighted by Crippen LogP contribution is -2.47. The van der Waals surface area contributed by atoms with Crippen molar-refractivity contribution in [3.8, 4) is 0 Å². The smallest absolute Gasteiger partial charge is 0.306 e. The highest BCUT2D eigenvalue weighted by molar-refractivity contribution is 5.71. The molecular weight excluding hydrogens is 857 g/mol. The fraction of sp³-hybridized carbons (Fsp3) is 0.889. The van der Waals surface area contributed by atoms with Crippen LogP contribution in [-0.4, -0.2) is 88.7 Å². The van der Waals surface area contributed by atoms with Crippen LogP contribution in [0.5, 0.6) is 0 Å². The summed E-state index contributed by atoms with van der Waals surface area (Å²) in [7, 11) is 0. The van der Waals surface area contributed by atoms with Crippen molar-refractivity contribution in [2.45, 2.75) is 241 Å². The van der Waals surface area contributed by atoms with Gasteiger partial charge in [-0.25, -0.2) is 0 Å². The Hall–Kier alpha value is -3.22.